The maximum absolute atomic E-state index is 13.0. The van der Waals surface area contributed by atoms with E-state index in [1.165, 1.54) is 12.8 Å². The Morgan fingerprint density at radius 1 is 1.26 bits per heavy atom. The van der Waals surface area contributed by atoms with Crippen LogP contribution in [0.15, 0.2) is 37.1 Å². The van der Waals surface area contributed by atoms with Crippen molar-refractivity contribution in [1.82, 2.24) is 19.4 Å². The molecule has 2 atom stereocenters. The molecule has 1 saturated heterocycles. The van der Waals surface area contributed by atoms with Gasteiger partial charge in [0.1, 0.15) is 12.1 Å². The number of rotatable bonds is 2. The van der Waals surface area contributed by atoms with E-state index in [9.17, 15) is 4.79 Å². The van der Waals surface area contributed by atoms with E-state index in [0.29, 0.717) is 24.5 Å². The van der Waals surface area contributed by atoms with Gasteiger partial charge in [-0.05, 0) is 25.0 Å². The number of imidazole rings is 1. The number of hydrogen-bond donors (Lipinski definition) is 0. The minimum absolute atomic E-state index is 0.0777. The Bertz CT molecular complexity index is 684. The summed E-state index contributed by atoms with van der Waals surface area (Å²) in [7, 11) is 0. The van der Waals surface area contributed by atoms with Crippen LogP contribution in [-0.2, 0) is 4.74 Å². The van der Waals surface area contributed by atoms with Gasteiger partial charge in [0.15, 0.2) is 0 Å². The lowest BCUT2D eigenvalue weighted by atomic mass is 9.90. The molecule has 1 amide bonds. The van der Waals surface area contributed by atoms with Crippen LogP contribution in [-0.4, -0.2) is 50.6 Å². The number of carbonyl (C=O) groups is 1. The fraction of sp³-hybridized carbons (Fsp3) is 0.471. The van der Waals surface area contributed by atoms with E-state index in [0.717, 1.165) is 12.8 Å². The zero-order valence-electron chi connectivity index (χ0n) is 13.0. The average Bonchev–Trinajstić information content (AvgIpc) is 3.15. The molecule has 2 aromatic rings. The Labute approximate surface area is 135 Å². The highest BCUT2D eigenvalue weighted by atomic mass is 16.5. The maximum atomic E-state index is 13.0. The second-order valence-electron chi connectivity index (χ2n) is 6.13. The number of ether oxygens (including phenoxy) is 1. The summed E-state index contributed by atoms with van der Waals surface area (Å²) in [5, 5.41) is 0. The summed E-state index contributed by atoms with van der Waals surface area (Å²) in [5.74, 6) is 0.788. The number of amides is 1. The lowest BCUT2D eigenvalue weighted by molar-refractivity contribution is -0.0752. The van der Waals surface area contributed by atoms with Crippen LogP contribution in [0.25, 0.3) is 5.82 Å². The molecule has 0 aromatic carbocycles. The highest BCUT2D eigenvalue weighted by Gasteiger charge is 2.37. The SMILES string of the molecule is O=C(c1ccnc(-n2ccnc2)c1)N1CCO[C@@H]2CCCC[C@@H]21. The number of aromatic nitrogens is 3. The Balaban J connectivity index is 1.60. The monoisotopic (exact) mass is 312 g/mol. The molecule has 0 spiro atoms. The molecular weight excluding hydrogens is 292 g/mol. The molecule has 0 radical (unpaired) electrons. The van der Waals surface area contributed by atoms with Crippen molar-refractivity contribution in [3.05, 3.63) is 42.6 Å². The van der Waals surface area contributed by atoms with Gasteiger partial charge >= 0.3 is 0 Å². The van der Waals surface area contributed by atoms with Crippen molar-refractivity contribution in [2.75, 3.05) is 13.2 Å². The molecule has 23 heavy (non-hydrogen) atoms. The summed E-state index contributed by atoms with van der Waals surface area (Å²) in [4.78, 5) is 23.3. The van der Waals surface area contributed by atoms with Gasteiger partial charge in [-0.2, -0.15) is 0 Å². The molecular formula is C17H20N4O2. The van der Waals surface area contributed by atoms with E-state index in [4.69, 9.17) is 4.74 Å². The standard InChI is InChI=1S/C17H20N4O2/c22-17(21-9-10-23-15-4-2-1-3-14(15)21)13-5-6-19-16(11-13)20-8-7-18-12-20/h5-8,11-12,14-15H,1-4,9-10H2/t14-,15+/m0/s1. The summed E-state index contributed by atoms with van der Waals surface area (Å²) >= 11 is 0. The van der Waals surface area contributed by atoms with E-state index in [1.54, 1.807) is 29.4 Å². The van der Waals surface area contributed by atoms with E-state index >= 15 is 0 Å². The van der Waals surface area contributed by atoms with Crippen molar-refractivity contribution >= 4 is 5.91 Å². The smallest absolute Gasteiger partial charge is 0.254 e. The van der Waals surface area contributed by atoms with Gasteiger partial charge < -0.3 is 9.64 Å². The van der Waals surface area contributed by atoms with Crippen LogP contribution in [0, 0.1) is 0 Å². The van der Waals surface area contributed by atoms with Gasteiger partial charge in [0.2, 0.25) is 0 Å². The molecule has 2 fully saturated rings. The van der Waals surface area contributed by atoms with E-state index in [-0.39, 0.29) is 18.1 Å². The lowest BCUT2D eigenvalue weighted by Gasteiger charge is -2.43. The number of carbonyl (C=O) groups excluding carboxylic acids is 1. The first-order valence-electron chi connectivity index (χ1n) is 8.20. The van der Waals surface area contributed by atoms with Gasteiger partial charge in [-0.15, -0.1) is 0 Å². The van der Waals surface area contributed by atoms with Gasteiger partial charge in [-0.25, -0.2) is 9.97 Å². The second kappa shape index (κ2) is 6.12. The molecule has 1 aliphatic carbocycles. The van der Waals surface area contributed by atoms with E-state index < -0.39 is 0 Å². The maximum Gasteiger partial charge on any atom is 0.254 e. The quantitative estimate of drug-likeness (QED) is 0.851. The largest absolute Gasteiger partial charge is 0.374 e. The van der Waals surface area contributed by atoms with Crippen molar-refractivity contribution in [2.45, 2.75) is 37.8 Å². The first-order valence-corrected chi connectivity index (χ1v) is 8.20. The number of fused-ring (bicyclic) bond motifs is 1. The molecule has 1 saturated carbocycles. The van der Waals surface area contributed by atoms with Crippen molar-refractivity contribution in [1.29, 1.82) is 0 Å². The van der Waals surface area contributed by atoms with Crippen LogP contribution in [0.1, 0.15) is 36.0 Å². The van der Waals surface area contributed by atoms with Crippen molar-refractivity contribution in [3.8, 4) is 5.82 Å². The fourth-order valence-electron chi connectivity index (χ4n) is 3.60. The minimum Gasteiger partial charge on any atom is -0.374 e. The summed E-state index contributed by atoms with van der Waals surface area (Å²) in [5.41, 5.74) is 0.676. The van der Waals surface area contributed by atoms with Crippen LogP contribution in [0.2, 0.25) is 0 Å². The predicted octanol–water partition coefficient (Wildman–Crippen LogP) is 2.05. The van der Waals surface area contributed by atoms with Crippen LogP contribution in [0.4, 0.5) is 0 Å². The number of nitrogens with zero attached hydrogens (tertiary/aromatic N) is 4. The Morgan fingerprint density at radius 3 is 3.04 bits per heavy atom. The molecule has 6 nitrogen and oxygen atoms in total. The van der Waals surface area contributed by atoms with Crippen LogP contribution < -0.4 is 0 Å². The summed E-state index contributed by atoms with van der Waals surface area (Å²) < 4.78 is 7.67. The number of pyridine rings is 1. The summed E-state index contributed by atoms with van der Waals surface area (Å²) in [6.07, 6.45) is 11.6. The summed E-state index contributed by atoms with van der Waals surface area (Å²) in [6.45, 7) is 1.30. The lowest BCUT2D eigenvalue weighted by Crippen LogP contribution is -2.54. The third-order valence-electron chi connectivity index (χ3n) is 4.75. The third-order valence-corrected chi connectivity index (χ3v) is 4.75. The topological polar surface area (TPSA) is 60.2 Å². The second-order valence-corrected chi connectivity index (χ2v) is 6.13. The van der Waals surface area contributed by atoms with Crippen LogP contribution >= 0.6 is 0 Å². The molecule has 2 aromatic heterocycles. The summed E-state index contributed by atoms with van der Waals surface area (Å²) in [6, 6.07) is 3.84. The molecule has 4 rings (SSSR count). The molecule has 1 aliphatic heterocycles. The average molecular weight is 312 g/mol. The molecule has 0 bridgehead atoms. The highest BCUT2D eigenvalue weighted by molar-refractivity contribution is 5.94. The first kappa shape index (κ1) is 14.4. The van der Waals surface area contributed by atoms with Gasteiger partial charge in [-0.1, -0.05) is 12.8 Å². The number of morpholine rings is 1. The molecule has 0 N–H and O–H groups in total. The van der Waals surface area contributed by atoms with Gasteiger partial charge in [0.25, 0.3) is 5.91 Å². The van der Waals surface area contributed by atoms with Gasteiger partial charge in [-0.3, -0.25) is 9.36 Å². The Hall–Kier alpha value is -2.21. The van der Waals surface area contributed by atoms with E-state index in [2.05, 4.69) is 9.97 Å². The Morgan fingerprint density at radius 2 is 2.17 bits per heavy atom. The van der Waals surface area contributed by atoms with Crippen molar-refractivity contribution in [2.24, 2.45) is 0 Å². The van der Waals surface area contributed by atoms with Crippen molar-refractivity contribution in [3.63, 3.8) is 0 Å². The fourth-order valence-corrected chi connectivity index (χ4v) is 3.60. The zero-order chi connectivity index (χ0) is 15.6. The zero-order valence-corrected chi connectivity index (χ0v) is 13.0. The van der Waals surface area contributed by atoms with Crippen LogP contribution in [0.5, 0.6) is 0 Å². The third kappa shape index (κ3) is 2.74. The minimum atomic E-state index is 0.0777. The predicted molar refractivity (Wildman–Crippen MR) is 84.4 cm³/mol. The number of hydrogen-bond acceptors (Lipinski definition) is 4. The normalized spacial score (nSPS) is 24.3. The molecule has 3 heterocycles. The highest BCUT2D eigenvalue weighted by Crippen LogP contribution is 2.29. The van der Waals surface area contributed by atoms with Gasteiger partial charge in [0.05, 0.1) is 18.8 Å². The van der Waals surface area contributed by atoms with Crippen LogP contribution in [0.3, 0.4) is 0 Å². The van der Waals surface area contributed by atoms with Gasteiger partial charge in [0, 0.05) is 30.7 Å². The Kier molecular flexibility index (Phi) is 3.83. The molecule has 6 heteroatoms. The first-order chi connectivity index (χ1) is 11.3. The molecule has 0 unspecified atom stereocenters. The molecule has 2 aliphatic rings. The van der Waals surface area contributed by atoms with E-state index in [1.807, 2.05) is 17.2 Å². The molecule has 120 valence electrons. The van der Waals surface area contributed by atoms with Crippen molar-refractivity contribution < 1.29 is 9.53 Å².